The van der Waals surface area contributed by atoms with Crippen LogP contribution in [0.4, 0.5) is 0 Å². The zero-order valence-electron chi connectivity index (χ0n) is 12.4. The first kappa shape index (κ1) is 14.0. The number of aryl methyl sites for hydroxylation is 1. The van der Waals surface area contributed by atoms with Crippen molar-refractivity contribution < 1.29 is 10.2 Å². The molecule has 1 fully saturated rings. The second-order valence-electron chi connectivity index (χ2n) is 6.18. The van der Waals surface area contributed by atoms with Crippen LogP contribution in [0.3, 0.4) is 0 Å². The predicted octanol–water partition coefficient (Wildman–Crippen LogP) is 4.85. The highest BCUT2D eigenvalue weighted by Crippen LogP contribution is 2.41. The van der Waals surface area contributed by atoms with Crippen LogP contribution in [-0.2, 0) is 0 Å². The Morgan fingerprint density at radius 3 is 1.95 bits per heavy atom. The molecule has 0 bridgehead atoms. The summed E-state index contributed by atoms with van der Waals surface area (Å²) in [6.45, 7) is 2.08. The topological polar surface area (TPSA) is 40.5 Å². The third kappa shape index (κ3) is 3.05. The molecule has 1 saturated carbocycles. The molecule has 3 rings (SSSR count). The van der Waals surface area contributed by atoms with Crippen LogP contribution in [0.5, 0.6) is 11.5 Å². The van der Waals surface area contributed by atoms with Crippen LogP contribution in [0.15, 0.2) is 42.5 Å². The SMILES string of the molecule is Cc1cc(O)ccc1C1CCC(c2ccc(O)cc2)CC1. The van der Waals surface area contributed by atoms with E-state index in [1.54, 1.807) is 18.2 Å². The van der Waals surface area contributed by atoms with Gasteiger partial charge in [-0.05, 0) is 85.4 Å². The smallest absolute Gasteiger partial charge is 0.115 e. The van der Waals surface area contributed by atoms with E-state index < -0.39 is 0 Å². The molecule has 0 unspecified atom stereocenters. The van der Waals surface area contributed by atoms with Crippen LogP contribution in [0.2, 0.25) is 0 Å². The largest absolute Gasteiger partial charge is 0.508 e. The van der Waals surface area contributed by atoms with E-state index in [1.165, 1.54) is 42.4 Å². The minimum absolute atomic E-state index is 0.340. The molecule has 0 saturated heterocycles. The van der Waals surface area contributed by atoms with Gasteiger partial charge in [0.25, 0.3) is 0 Å². The molecule has 2 aromatic rings. The monoisotopic (exact) mass is 282 g/mol. The molecule has 0 spiro atoms. The van der Waals surface area contributed by atoms with Gasteiger partial charge in [-0.3, -0.25) is 0 Å². The van der Waals surface area contributed by atoms with E-state index in [0.29, 0.717) is 23.3 Å². The molecule has 0 atom stereocenters. The summed E-state index contributed by atoms with van der Waals surface area (Å²) < 4.78 is 0. The van der Waals surface area contributed by atoms with Gasteiger partial charge >= 0.3 is 0 Å². The van der Waals surface area contributed by atoms with Crippen molar-refractivity contribution in [2.24, 2.45) is 0 Å². The maximum atomic E-state index is 9.53. The van der Waals surface area contributed by atoms with Crippen LogP contribution in [0.1, 0.15) is 54.2 Å². The summed E-state index contributed by atoms with van der Waals surface area (Å²) in [4.78, 5) is 0. The van der Waals surface area contributed by atoms with E-state index in [1.807, 2.05) is 18.2 Å². The summed E-state index contributed by atoms with van der Waals surface area (Å²) >= 11 is 0. The molecule has 21 heavy (non-hydrogen) atoms. The van der Waals surface area contributed by atoms with Crippen molar-refractivity contribution in [2.75, 3.05) is 0 Å². The highest BCUT2D eigenvalue weighted by Gasteiger charge is 2.24. The van der Waals surface area contributed by atoms with Gasteiger partial charge in [0, 0.05) is 0 Å². The number of rotatable bonds is 2. The highest BCUT2D eigenvalue weighted by molar-refractivity contribution is 5.37. The van der Waals surface area contributed by atoms with Crippen LogP contribution in [-0.4, -0.2) is 10.2 Å². The number of phenols is 2. The second kappa shape index (κ2) is 5.80. The third-order valence-electron chi connectivity index (χ3n) is 4.78. The molecular weight excluding hydrogens is 260 g/mol. The predicted molar refractivity (Wildman–Crippen MR) is 84.9 cm³/mol. The first-order valence-corrected chi connectivity index (χ1v) is 7.72. The normalized spacial score (nSPS) is 22.1. The average Bonchev–Trinajstić information content (AvgIpc) is 2.48. The fourth-order valence-electron chi connectivity index (χ4n) is 3.60. The van der Waals surface area contributed by atoms with Crippen LogP contribution in [0.25, 0.3) is 0 Å². The minimum atomic E-state index is 0.340. The van der Waals surface area contributed by atoms with Crippen LogP contribution in [0, 0.1) is 6.92 Å². The molecule has 1 aliphatic rings. The zero-order chi connectivity index (χ0) is 14.8. The lowest BCUT2D eigenvalue weighted by Gasteiger charge is -2.30. The van der Waals surface area contributed by atoms with Crippen molar-refractivity contribution in [3.8, 4) is 11.5 Å². The van der Waals surface area contributed by atoms with E-state index in [-0.39, 0.29) is 0 Å². The number of aromatic hydroxyl groups is 2. The van der Waals surface area contributed by atoms with Crippen LogP contribution < -0.4 is 0 Å². The Bertz CT molecular complexity index is 608. The maximum Gasteiger partial charge on any atom is 0.115 e. The highest BCUT2D eigenvalue weighted by atomic mass is 16.3. The van der Waals surface area contributed by atoms with Gasteiger partial charge < -0.3 is 10.2 Å². The minimum Gasteiger partial charge on any atom is -0.508 e. The van der Waals surface area contributed by atoms with Gasteiger partial charge in [-0.1, -0.05) is 18.2 Å². The molecule has 0 heterocycles. The van der Waals surface area contributed by atoms with Gasteiger partial charge in [-0.15, -0.1) is 0 Å². The van der Waals surface area contributed by atoms with Gasteiger partial charge in [0.15, 0.2) is 0 Å². The van der Waals surface area contributed by atoms with Crippen molar-refractivity contribution in [2.45, 2.75) is 44.4 Å². The van der Waals surface area contributed by atoms with Crippen molar-refractivity contribution >= 4 is 0 Å². The molecule has 0 radical (unpaired) electrons. The lowest BCUT2D eigenvalue weighted by atomic mass is 9.75. The maximum absolute atomic E-state index is 9.53. The van der Waals surface area contributed by atoms with E-state index >= 15 is 0 Å². The second-order valence-corrected chi connectivity index (χ2v) is 6.18. The summed E-state index contributed by atoms with van der Waals surface area (Å²) in [5.74, 6) is 1.92. The van der Waals surface area contributed by atoms with E-state index in [4.69, 9.17) is 0 Å². The Hall–Kier alpha value is -1.96. The molecule has 2 aromatic carbocycles. The number of hydrogen-bond acceptors (Lipinski definition) is 2. The number of benzene rings is 2. The van der Waals surface area contributed by atoms with Gasteiger partial charge in [0.2, 0.25) is 0 Å². The van der Waals surface area contributed by atoms with Crippen molar-refractivity contribution in [1.82, 2.24) is 0 Å². The summed E-state index contributed by atoms with van der Waals surface area (Å²) in [5, 5.41) is 18.9. The number of phenolic OH excluding ortho intramolecular Hbond substituents is 2. The Labute approximate surface area is 126 Å². The van der Waals surface area contributed by atoms with Crippen molar-refractivity contribution in [3.05, 3.63) is 59.2 Å². The van der Waals surface area contributed by atoms with Gasteiger partial charge in [-0.25, -0.2) is 0 Å². The molecule has 0 aliphatic heterocycles. The molecular formula is C19H22O2. The Kier molecular flexibility index (Phi) is 3.87. The molecule has 2 heteroatoms. The molecule has 110 valence electrons. The van der Waals surface area contributed by atoms with Crippen molar-refractivity contribution in [3.63, 3.8) is 0 Å². The summed E-state index contributed by atoms with van der Waals surface area (Å²) in [6, 6.07) is 13.4. The third-order valence-corrected chi connectivity index (χ3v) is 4.78. The Balaban J connectivity index is 1.68. The Morgan fingerprint density at radius 2 is 1.33 bits per heavy atom. The van der Waals surface area contributed by atoms with Gasteiger partial charge in [0.1, 0.15) is 11.5 Å². The number of hydrogen-bond donors (Lipinski definition) is 2. The standard InChI is InChI=1S/C19H22O2/c1-13-12-18(21)10-11-19(13)16-4-2-14(3-5-16)15-6-8-17(20)9-7-15/h6-12,14,16,20-21H,2-5H2,1H3. The lowest BCUT2D eigenvalue weighted by Crippen LogP contribution is -2.12. The summed E-state index contributed by atoms with van der Waals surface area (Å²) in [6.07, 6.45) is 4.76. The molecule has 0 amide bonds. The summed E-state index contributed by atoms with van der Waals surface area (Å²) in [7, 11) is 0. The molecule has 2 N–H and O–H groups in total. The average molecular weight is 282 g/mol. The van der Waals surface area contributed by atoms with E-state index in [9.17, 15) is 10.2 Å². The lowest BCUT2D eigenvalue weighted by molar-refractivity contribution is 0.394. The van der Waals surface area contributed by atoms with Crippen LogP contribution >= 0.6 is 0 Å². The van der Waals surface area contributed by atoms with Crippen molar-refractivity contribution in [1.29, 1.82) is 0 Å². The van der Waals surface area contributed by atoms with Gasteiger partial charge in [-0.2, -0.15) is 0 Å². The molecule has 2 nitrogen and oxygen atoms in total. The fourth-order valence-corrected chi connectivity index (χ4v) is 3.60. The van der Waals surface area contributed by atoms with Gasteiger partial charge in [0.05, 0.1) is 0 Å². The summed E-state index contributed by atoms with van der Waals surface area (Å²) in [5.41, 5.74) is 3.92. The van der Waals surface area contributed by atoms with E-state index in [0.717, 1.165) is 0 Å². The van der Waals surface area contributed by atoms with E-state index in [2.05, 4.69) is 13.0 Å². The molecule has 0 aromatic heterocycles. The fraction of sp³-hybridized carbons (Fsp3) is 0.368. The quantitative estimate of drug-likeness (QED) is 0.826. The first-order valence-electron chi connectivity index (χ1n) is 7.72. The first-order chi connectivity index (χ1) is 10.1. The molecule has 1 aliphatic carbocycles. The zero-order valence-corrected chi connectivity index (χ0v) is 12.4. The Morgan fingerprint density at radius 1 is 0.762 bits per heavy atom.